The second kappa shape index (κ2) is 5.96. The molecule has 1 heterocycles. The fourth-order valence-corrected chi connectivity index (χ4v) is 1.67. The Morgan fingerprint density at radius 3 is 2.24 bits per heavy atom. The second-order valence-corrected chi connectivity index (χ2v) is 3.96. The standard InChI is InChI=1S/C10H6ClF6NO3/c11-2-4-3-18-8(9(12,13)14)5(1-6(19)20)7(4)21-10(15,16)17/h3H,1-2H2,(H,19,20). The van der Waals surface area contributed by atoms with Crippen molar-refractivity contribution in [3.8, 4) is 5.75 Å². The third kappa shape index (κ3) is 4.66. The van der Waals surface area contributed by atoms with Crippen LogP contribution in [-0.2, 0) is 23.3 Å². The average Bonchev–Trinajstić information content (AvgIpc) is 2.27. The zero-order valence-corrected chi connectivity index (χ0v) is 10.6. The van der Waals surface area contributed by atoms with Crippen LogP contribution in [0.2, 0.25) is 0 Å². The van der Waals surface area contributed by atoms with Crippen molar-refractivity contribution in [1.29, 1.82) is 0 Å². The number of nitrogens with zero attached hydrogens (tertiary/aromatic N) is 1. The first kappa shape index (κ1) is 17.3. The molecule has 0 aliphatic carbocycles. The smallest absolute Gasteiger partial charge is 0.481 e. The molecule has 118 valence electrons. The maximum absolute atomic E-state index is 12.7. The second-order valence-electron chi connectivity index (χ2n) is 3.69. The van der Waals surface area contributed by atoms with E-state index >= 15 is 0 Å². The number of alkyl halides is 7. The van der Waals surface area contributed by atoms with Crippen LogP contribution in [-0.4, -0.2) is 22.4 Å². The van der Waals surface area contributed by atoms with Gasteiger partial charge >= 0.3 is 18.5 Å². The molecule has 0 saturated carbocycles. The number of carboxylic acid groups (broad SMARTS) is 1. The molecule has 0 amide bonds. The maximum Gasteiger partial charge on any atom is 0.573 e. The predicted octanol–water partition coefficient (Wildman–Crippen LogP) is 3.36. The van der Waals surface area contributed by atoms with Gasteiger partial charge in [0.2, 0.25) is 0 Å². The molecule has 0 atom stereocenters. The monoisotopic (exact) mass is 337 g/mol. The molecule has 0 aliphatic rings. The molecule has 11 heteroatoms. The van der Waals surface area contributed by atoms with Gasteiger partial charge in [-0.15, -0.1) is 24.8 Å². The molecule has 0 spiro atoms. The zero-order chi connectivity index (χ0) is 16.4. The number of carboxylic acids is 1. The first-order valence-electron chi connectivity index (χ1n) is 5.07. The number of hydrogen-bond donors (Lipinski definition) is 1. The van der Waals surface area contributed by atoms with Gasteiger partial charge in [-0.1, -0.05) is 0 Å². The summed E-state index contributed by atoms with van der Waals surface area (Å²) in [6, 6.07) is 0. The van der Waals surface area contributed by atoms with E-state index in [0.717, 1.165) is 0 Å². The minimum Gasteiger partial charge on any atom is -0.481 e. The van der Waals surface area contributed by atoms with Crippen molar-refractivity contribution in [2.45, 2.75) is 24.8 Å². The summed E-state index contributed by atoms with van der Waals surface area (Å²) in [5.74, 6) is -3.70. The van der Waals surface area contributed by atoms with Crippen LogP contribution < -0.4 is 4.74 Å². The Bertz CT molecular complexity index is 543. The van der Waals surface area contributed by atoms with Gasteiger partial charge in [-0.05, 0) is 0 Å². The van der Waals surface area contributed by atoms with Crippen LogP contribution in [0.5, 0.6) is 5.75 Å². The van der Waals surface area contributed by atoms with Crippen molar-refractivity contribution in [2.24, 2.45) is 0 Å². The summed E-state index contributed by atoms with van der Waals surface area (Å²) in [4.78, 5) is 13.5. The molecule has 21 heavy (non-hydrogen) atoms. The minimum absolute atomic E-state index is 0.461. The molecule has 1 aromatic heterocycles. The van der Waals surface area contributed by atoms with Crippen molar-refractivity contribution >= 4 is 17.6 Å². The van der Waals surface area contributed by atoms with E-state index in [0.29, 0.717) is 6.20 Å². The van der Waals surface area contributed by atoms with Gasteiger partial charge < -0.3 is 9.84 Å². The van der Waals surface area contributed by atoms with Gasteiger partial charge in [0.15, 0.2) is 5.69 Å². The molecule has 1 aromatic rings. The van der Waals surface area contributed by atoms with Crippen molar-refractivity contribution in [2.75, 3.05) is 0 Å². The van der Waals surface area contributed by atoms with E-state index in [1.165, 1.54) is 0 Å². The first-order chi connectivity index (χ1) is 9.45. The summed E-state index contributed by atoms with van der Waals surface area (Å²) >= 11 is 5.32. The number of aromatic nitrogens is 1. The number of carbonyl (C=O) groups is 1. The Morgan fingerprint density at radius 2 is 1.86 bits per heavy atom. The van der Waals surface area contributed by atoms with E-state index in [1.54, 1.807) is 0 Å². The van der Waals surface area contributed by atoms with Crippen LogP contribution in [0, 0.1) is 0 Å². The van der Waals surface area contributed by atoms with E-state index < -0.39 is 53.4 Å². The number of hydrogen-bond acceptors (Lipinski definition) is 3. The fraction of sp³-hybridized carbons (Fsp3) is 0.400. The lowest BCUT2D eigenvalue weighted by Gasteiger charge is -2.19. The number of aliphatic carboxylic acids is 1. The summed E-state index contributed by atoms with van der Waals surface area (Å²) in [6.45, 7) is 0. The van der Waals surface area contributed by atoms with E-state index in [1.807, 2.05) is 0 Å². The third-order valence-electron chi connectivity index (χ3n) is 2.16. The van der Waals surface area contributed by atoms with E-state index in [2.05, 4.69) is 9.72 Å². The summed E-state index contributed by atoms with van der Waals surface area (Å²) in [5, 5.41) is 8.58. The largest absolute Gasteiger partial charge is 0.573 e. The van der Waals surface area contributed by atoms with Crippen LogP contribution in [0.3, 0.4) is 0 Å². The van der Waals surface area contributed by atoms with Crippen molar-refractivity contribution < 1.29 is 41.0 Å². The van der Waals surface area contributed by atoms with Crippen LogP contribution >= 0.6 is 11.6 Å². The Kier molecular flexibility index (Phi) is 4.92. The number of ether oxygens (including phenoxy) is 1. The summed E-state index contributed by atoms with van der Waals surface area (Å²) < 4.78 is 78.5. The molecule has 0 aliphatic heterocycles. The van der Waals surface area contributed by atoms with Gasteiger partial charge in [0.25, 0.3) is 0 Å². The van der Waals surface area contributed by atoms with Crippen LogP contribution in [0.15, 0.2) is 6.20 Å². The summed E-state index contributed by atoms with van der Waals surface area (Å²) in [5.41, 5.74) is -3.50. The Hall–Kier alpha value is -1.71. The lowest BCUT2D eigenvalue weighted by Crippen LogP contribution is -2.23. The van der Waals surface area contributed by atoms with Gasteiger partial charge in [0, 0.05) is 17.3 Å². The van der Waals surface area contributed by atoms with Gasteiger partial charge in [-0.25, -0.2) is 0 Å². The van der Waals surface area contributed by atoms with Gasteiger partial charge in [-0.2, -0.15) is 13.2 Å². The highest BCUT2D eigenvalue weighted by Crippen LogP contribution is 2.39. The zero-order valence-electron chi connectivity index (χ0n) is 9.85. The number of halogens is 7. The highest BCUT2D eigenvalue weighted by molar-refractivity contribution is 6.17. The molecule has 0 radical (unpaired) electrons. The Balaban J connectivity index is 3.57. The van der Waals surface area contributed by atoms with Crippen LogP contribution in [0.1, 0.15) is 16.8 Å². The minimum atomic E-state index is -5.31. The van der Waals surface area contributed by atoms with Crippen LogP contribution in [0.4, 0.5) is 26.3 Å². The SMILES string of the molecule is O=C(O)Cc1c(C(F)(F)F)ncc(CCl)c1OC(F)(F)F. The molecule has 0 fully saturated rings. The van der Waals surface area contributed by atoms with Gasteiger partial charge in [0.05, 0.1) is 12.3 Å². The molecular weight excluding hydrogens is 332 g/mol. The summed E-state index contributed by atoms with van der Waals surface area (Å²) in [7, 11) is 0. The normalized spacial score (nSPS) is 12.3. The first-order valence-corrected chi connectivity index (χ1v) is 5.60. The lowest BCUT2D eigenvalue weighted by molar-refractivity contribution is -0.275. The quantitative estimate of drug-likeness (QED) is 0.676. The van der Waals surface area contributed by atoms with Crippen molar-refractivity contribution in [3.05, 3.63) is 23.0 Å². The fourth-order valence-electron chi connectivity index (χ4n) is 1.48. The van der Waals surface area contributed by atoms with E-state index in [9.17, 15) is 31.1 Å². The number of rotatable bonds is 4. The highest BCUT2D eigenvalue weighted by Gasteiger charge is 2.40. The predicted molar refractivity (Wildman–Crippen MR) is 56.8 cm³/mol. The molecule has 1 N–H and O–H groups in total. The molecule has 1 rings (SSSR count). The molecule has 0 saturated heterocycles. The molecule has 0 aromatic carbocycles. The Labute approximate surface area is 118 Å². The van der Waals surface area contributed by atoms with Gasteiger partial charge in [0.1, 0.15) is 5.75 Å². The average molecular weight is 338 g/mol. The third-order valence-corrected chi connectivity index (χ3v) is 2.45. The number of pyridine rings is 1. The summed E-state index contributed by atoms with van der Waals surface area (Å²) in [6.07, 6.45) is -11.3. The Morgan fingerprint density at radius 1 is 1.29 bits per heavy atom. The van der Waals surface area contributed by atoms with Crippen LogP contribution in [0.25, 0.3) is 0 Å². The topological polar surface area (TPSA) is 59.4 Å². The molecule has 4 nitrogen and oxygen atoms in total. The highest BCUT2D eigenvalue weighted by atomic mass is 35.5. The van der Waals surface area contributed by atoms with Crippen molar-refractivity contribution in [3.63, 3.8) is 0 Å². The maximum atomic E-state index is 12.7. The van der Waals surface area contributed by atoms with E-state index in [-0.39, 0.29) is 0 Å². The molecule has 0 unspecified atom stereocenters. The molecular formula is C10H6ClF6NO3. The lowest BCUT2D eigenvalue weighted by atomic mass is 10.1. The molecule has 0 bridgehead atoms. The van der Waals surface area contributed by atoms with Crippen molar-refractivity contribution in [1.82, 2.24) is 4.98 Å². The van der Waals surface area contributed by atoms with Gasteiger partial charge in [-0.3, -0.25) is 9.78 Å². The van der Waals surface area contributed by atoms with E-state index in [4.69, 9.17) is 16.7 Å².